The van der Waals surface area contributed by atoms with Crippen molar-refractivity contribution in [2.75, 3.05) is 14.1 Å². The van der Waals surface area contributed by atoms with Gasteiger partial charge in [-0.25, -0.2) is 17.5 Å². The molecule has 0 fully saturated rings. The van der Waals surface area contributed by atoms with Gasteiger partial charge in [0, 0.05) is 38.5 Å². The second-order valence-corrected chi connectivity index (χ2v) is 7.74. The van der Waals surface area contributed by atoms with Gasteiger partial charge in [0.2, 0.25) is 5.09 Å². The van der Waals surface area contributed by atoms with E-state index in [4.69, 9.17) is 9.15 Å². The fraction of sp³-hybridized carbons (Fsp3) is 0.375. The summed E-state index contributed by atoms with van der Waals surface area (Å²) in [4.78, 5) is 11.8. The molecule has 2 aromatic heterocycles. The van der Waals surface area contributed by atoms with Crippen molar-refractivity contribution in [2.45, 2.75) is 25.5 Å². The quantitative estimate of drug-likeness (QED) is 0.569. The number of sulfonamides is 1. The molecule has 0 atom stereocenters. The maximum atomic E-state index is 11.9. The molecule has 2 rings (SSSR count). The zero-order chi connectivity index (χ0) is 18.8. The average Bonchev–Trinajstić information content (AvgIpc) is 3.10. The molecule has 0 aliphatic heterocycles. The molecule has 0 aliphatic carbocycles. The Morgan fingerprint density at radius 1 is 1.36 bits per heavy atom. The SMILES string of the molecule is Cc1nn(C)c(C)c1/C=C/C(=O)OCc1ccc(S(=O)(=O)N(C)C)o1. The van der Waals surface area contributed by atoms with Gasteiger partial charge in [0.25, 0.3) is 10.0 Å². The second kappa shape index (κ2) is 7.24. The van der Waals surface area contributed by atoms with Crippen molar-refractivity contribution < 1.29 is 22.4 Å². The van der Waals surface area contributed by atoms with Crippen molar-refractivity contribution in [3.05, 3.63) is 40.9 Å². The topological polar surface area (TPSA) is 94.6 Å². The van der Waals surface area contributed by atoms with Gasteiger partial charge in [-0.3, -0.25) is 4.68 Å². The number of furan rings is 1. The highest BCUT2D eigenvalue weighted by atomic mass is 32.2. The minimum atomic E-state index is -3.65. The van der Waals surface area contributed by atoms with E-state index in [-0.39, 0.29) is 17.5 Å². The predicted octanol–water partition coefficient (Wildman–Crippen LogP) is 1.64. The van der Waals surface area contributed by atoms with E-state index < -0.39 is 16.0 Å². The summed E-state index contributed by atoms with van der Waals surface area (Å²) in [6, 6.07) is 2.79. The Bertz CT molecular complexity index is 906. The molecule has 0 bridgehead atoms. The lowest BCUT2D eigenvalue weighted by atomic mass is 10.2. The number of carbonyl (C=O) groups excluding carboxylic acids is 1. The molecule has 0 N–H and O–H groups in total. The Hall–Kier alpha value is -2.39. The highest BCUT2D eigenvalue weighted by Gasteiger charge is 2.21. The van der Waals surface area contributed by atoms with Crippen LogP contribution >= 0.6 is 0 Å². The number of aromatic nitrogens is 2. The van der Waals surface area contributed by atoms with Crippen LogP contribution in [0, 0.1) is 13.8 Å². The zero-order valence-electron chi connectivity index (χ0n) is 14.8. The fourth-order valence-electron chi connectivity index (χ4n) is 2.13. The molecule has 0 amide bonds. The van der Waals surface area contributed by atoms with Gasteiger partial charge in [0.1, 0.15) is 12.4 Å². The number of hydrogen-bond donors (Lipinski definition) is 0. The number of nitrogens with zero attached hydrogens (tertiary/aromatic N) is 3. The van der Waals surface area contributed by atoms with Gasteiger partial charge in [-0.05, 0) is 32.1 Å². The van der Waals surface area contributed by atoms with Crippen LogP contribution < -0.4 is 0 Å². The molecule has 0 aromatic carbocycles. The summed E-state index contributed by atoms with van der Waals surface area (Å²) in [5.74, 6) is -0.313. The number of aryl methyl sites for hydroxylation is 2. The molecule has 0 saturated carbocycles. The van der Waals surface area contributed by atoms with E-state index in [2.05, 4.69) is 5.10 Å². The summed E-state index contributed by atoms with van der Waals surface area (Å²) in [6.45, 7) is 3.60. The van der Waals surface area contributed by atoms with Crippen molar-refractivity contribution in [3.63, 3.8) is 0 Å². The molecule has 2 heterocycles. The fourth-order valence-corrected chi connectivity index (χ4v) is 2.94. The van der Waals surface area contributed by atoms with Gasteiger partial charge in [-0.15, -0.1) is 0 Å². The zero-order valence-corrected chi connectivity index (χ0v) is 15.6. The first-order chi connectivity index (χ1) is 11.6. The Morgan fingerprint density at radius 3 is 2.60 bits per heavy atom. The van der Waals surface area contributed by atoms with Crippen LogP contribution in [-0.2, 0) is 33.2 Å². The smallest absolute Gasteiger partial charge is 0.331 e. The summed E-state index contributed by atoms with van der Waals surface area (Å²) in [5, 5.41) is 4.07. The number of ether oxygens (including phenoxy) is 1. The van der Waals surface area contributed by atoms with Crippen molar-refractivity contribution in [1.29, 1.82) is 0 Å². The Labute approximate surface area is 146 Å². The Morgan fingerprint density at radius 2 is 2.04 bits per heavy atom. The van der Waals surface area contributed by atoms with Crippen LogP contribution in [0.5, 0.6) is 0 Å². The molecule has 25 heavy (non-hydrogen) atoms. The van der Waals surface area contributed by atoms with Crippen molar-refractivity contribution in [2.24, 2.45) is 7.05 Å². The van der Waals surface area contributed by atoms with Gasteiger partial charge in [0.15, 0.2) is 0 Å². The molecule has 136 valence electrons. The average molecular weight is 367 g/mol. The predicted molar refractivity (Wildman–Crippen MR) is 91.1 cm³/mol. The minimum Gasteiger partial charge on any atom is -0.454 e. The van der Waals surface area contributed by atoms with Crippen LogP contribution in [0.4, 0.5) is 0 Å². The van der Waals surface area contributed by atoms with Crippen LogP contribution in [0.15, 0.2) is 27.7 Å². The lowest BCUT2D eigenvalue weighted by Gasteiger charge is -2.07. The van der Waals surface area contributed by atoms with E-state index in [1.54, 1.807) is 10.8 Å². The van der Waals surface area contributed by atoms with Gasteiger partial charge in [-0.1, -0.05) is 0 Å². The first-order valence-corrected chi connectivity index (χ1v) is 8.93. The molecular weight excluding hydrogens is 346 g/mol. The normalized spacial score (nSPS) is 12.2. The molecule has 0 aliphatic rings. The molecule has 0 spiro atoms. The lowest BCUT2D eigenvalue weighted by Crippen LogP contribution is -2.21. The van der Waals surface area contributed by atoms with Crippen LogP contribution in [0.25, 0.3) is 6.08 Å². The van der Waals surface area contributed by atoms with Gasteiger partial charge in [0.05, 0.1) is 5.69 Å². The third kappa shape index (κ3) is 4.18. The van der Waals surface area contributed by atoms with E-state index >= 15 is 0 Å². The molecular formula is C16H21N3O5S. The maximum absolute atomic E-state index is 11.9. The minimum absolute atomic E-state index is 0.156. The highest BCUT2D eigenvalue weighted by molar-refractivity contribution is 7.88. The summed E-state index contributed by atoms with van der Waals surface area (Å²) in [7, 11) is 0.997. The third-order valence-electron chi connectivity index (χ3n) is 3.68. The van der Waals surface area contributed by atoms with Crippen LogP contribution in [-0.4, -0.2) is 42.6 Å². The summed E-state index contributed by atoms with van der Waals surface area (Å²) >= 11 is 0. The maximum Gasteiger partial charge on any atom is 0.331 e. The molecule has 0 unspecified atom stereocenters. The van der Waals surface area contributed by atoms with E-state index in [0.717, 1.165) is 21.3 Å². The Balaban J connectivity index is 1.99. The first kappa shape index (κ1) is 18.9. The molecule has 0 radical (unpaired) electrons. The van der Waals surface area contributed by atoms with Crippen LogP contribution in [0.1, 0.15) is 22.7 Å². The third-order valence-corrected chi connectivity index (χ3v) is 5.37. The standard InChI is InChI=1S/C16H21N3O5S/c1-11-14(12(2)19(5)17-11)7-8-15(20)23-10-13-6-9-16(24-13)25(21,22)18(3)4/h6-9H,10H2,1-5H3/b8-7+. The van der Waals surface area contributed by atoms with E-state index in [1.807, 2.05) is 20.9 Å². The largest absolute Gasteiger partial charge is 0.454 e. The molecule has 9 heteroatoms. The number of esters is 1. The summed E-state index contributed by atoms with van der Waals surface area (Å²) in [5.41, 5.74) is 2.61. The Kier molecular flexibility index (Phi) is 5.48. The number of hydrogen-bond acceptors (Lipinski definition) is 6. The number of carbonyl (C=O) groups is 1. The summed E-state index contributed by atoms with van der Waals surface area (Å²) in [6.07, 6.45) is 2.95. The van der Waals surface area contributed by atoms with Crippen molar-refractivity contribution >= 4 is 22.1 Å². The first-order valence-electron chi connectivity index (χ1n) is 7.49. The van der Waals surface area contributed by atoms with Crippen LogP contribution in [0.3, 0.4) is 0 Å². The molecule has 8 nitrogen and oxygen atoms in total. The van der Waals surface area contributed by atoms with E-state index in [9.17, 15) is 13.2 Å². The lowest BCUT2D eigenvalue weighted by molar-refractivity contribution is -0.139. The molecule has 0 saturated heterocycles. The van der Waals surface area contributed by atoms with E-state index in [0.29, 0.717) is 0 Å². The van der Waals surface area contributed by atoms with Crippen molar-refractivity contribution in [3.8, 4) is 0 Å². The van der Waals surface area contributed by atoms with Gasteiger partial charge in [-0.2, -0.15) is 5.10 Å². The van der Waals surface area contributed by atoms with Crippen LogP contribution in [0.2, 0.25) is 0 Å². The monoisotopic (exact) mass is 367 g/mol. The molecule has 2 aromatic rings. The van der Waals surface area contributed by atoms with Gasteiger partial charge < -0.3 is 9.15 Å². The van der Waals surface area contributed by atoms with Crippen molar-refractivity contribution in [1.82, 2.24) is 14.1 Å². The highest BCUT2D eigenvalue weighted by Crippen LogP contribution is 2.18. The summed E-state index contributed by atoms with van der Waals surface area (Å²) < 4.78 is 36.9. The second-order valence-electron chi connectivity index (χ2n) is 5.66. The van der Waals surface area contributed by atoms with Gasteiger partial charge >= 0.3 is 5.97 Å². The van der Waals surface area contributed by atoms with E-state index in [1.165, 1.54) is 32.3 Å². The number of rotatable bonds is 6.